The first-order chi connectivity index (χ1) is 12.3. The number of hydrogen-bond donors (Lipinski definition) is 0. The van der Waals surface area contributed by atoms with Crippen molar-refractivity contribution in [1.29, 1.82) is 0 Å². The first-order valence-electron chi connectivity index (χ1n) is 9.00. The molecule has 0 bridgehead atoms. The van der Waals surface area contributed by atoms with Gasteiger partial charge in [-0.15, -0.1) is 0 Å². The number of oxazole rings is 1. The summed E-state index contributed by atoms with van der Waals surface area (Å²) in [5.41, 5.74) is 2.15. The summed E-state index contributed by atoms with van der Waals surface area (Å²) < 4.78 is 7.94. The molecule has 25 heavy (non-hydrogen) atoms. The number of aromatic nitrogens is 3. The molecule has 0 N–H and O–H groups in total. The second-order valence-electron chi connectivity index (χ2n) is 6.71. The molecule has 132 valence electrons. The topological polar surface area (TPSA) is 47.1 Å². The molecular formula is C19H24N4OS. The van der Waals surface area contributed by atoms with E-state index in [-0.39, 0.29) is 0 Å². The molecule has 0 spiro atoms. The Morgan fingerprint density at radius 3 is 3.12 bits per heavy atom. The van der Waals surface area contributed by atoms with Gasteiger partial charge >= 0.3 is 0 Å². The van der Waals surface area contributed by atoms with E-state index >= 15 is 0 Å². The van der Waals surface area contributed by atoms with Crippen molar-refractivity contribution in [3.63, 3.8) is 0 Å². The van der Waals surface area contributed by atoms with Gasteiger partial charge in [-0.2, -0.15) is 16.4 Å². The zero-order chi connectivity index (χ0) is 17.1. The summed E-state index contributed by atoms with van der Waals surface area (Å²) in [7, 11) is 0. The van der Waals surface area contributed by atoms with Gasteiger partial charge in [0, 0.05) is 42.5 Å². The highest BCUT2D eigenvalue weighted by Gasteiger charge is 2.24. The van der Waals surface area contributed by atoms with Crippen molar-refractivity contribution in [2.24, 2.45) is 0 Å². The average Bonchev–Trinajstić information content (AvgIpc) is 3.37. The lowest BCUT2D eigenvalue weighted by Crippen LogP contribution is -2.39. The molecule has 1 saturated heterocycles. The Balaban J connectivity index is 1.44. The predicted molar refractivity (Wildman–Crippen MR) is 99.4 cm³/mol. The lowest BCUT2D eigenvalue weighted by molar-refractivity contribution is 0.125. The molecule has 6 heteroatoms. The van der Waals surface area contributed by atoms with E-state index in [4.69, 9.17) is 9.40 Å². The average molecular weight is 356 g/mol. The van der Waals surface area contributed by atoms with Crippen LogP contribution in [-0.2, 0) is 13.1 Å². The molecule has 0 amide bonds. The van der Waals surface area contributed by atoms with Gasteiger partial charge in [-0.05, 0) is 50.2 Å². The highest BCUT2D eigenvalue weighted by atomic mass is 32.1. The van der Waals surface area contributed by atoms with Gasteiger partial charge in [0.05, 0.1) is 5.69 Å². The lowest BCUT2D eigenvalue weighted by atomic mass is 9.99. The van der Waals surface area contributed by atoms with Crippen LogP contribution in [0.1, 0.15) is 37.1 Å². The molecule has 5 nitrogen and oxygen atoms in total. The van der Waals surface area contributed by atoms with E-state index in [2.05, 4.69) is 26.8 Å². The van der Waals surface area contributed by atoms with Crippen molar-refractivity contribution in [2.45, 2.75) is 51.7 Å². The smallest absolute Gasteiger partial charge is 0.227 e. The van der Waals surface area contributed by atoms with Crippen LogP contribution in [0.3, 0.4) is 0 Å². The molecule has 3 aromatic heterocycles. The maximum Gasteiger partial charge on any atom is 0.227 e. The Hall–Kier alpha value is -1.92. The van der Waals surface area contributed by atoms with Crippen molar-refractivity contribution < 1.29 is 4.42 Å². The van der Waals surface area contributed by atoms with Gasteiger partial charge in [-0.3, -0.25) is 9.58 Å². The summed E-state index contributed by atoms with van der Waals surface area (Å²) in [6.45, 7) is 5.03. The van der Waals surface area contributed by atoms with Crippen LogP contribution in [0.4, 0.5) is 0 Å². The van der Waals surface area contributed by atoms with Gasteiger partial charge in [0.1, 0.15) is 5.76 Å². The largest absolute Gasteiger partial charge is 0.441 e. The Bertz CT molecular complexity index is 779. The summed E-state index contributed by atoms with van der Waals surface area (Å²) in [5.74, 6) is 1.69. The molecule has 0 aliphatic carbocycles. The fraction of sp³-hybridized carbons (Fsp3) is 0.474. The minimum atomic E-state index is 0.596. The summed E-state index contributed by atoms with van der Waals surface area (Å²) in [5, 5.41) is 8.47. The molecule has 0 radical (unpaired) electrons. The first-order valence-corrected chi connectivity index (χ1v) is 9.94. The molecule has 0 aromatic carbocycles. The van der Waals surface area contributed by atoms with Crippen LogP contribution in [-0.4, -0.2) is 32.3 Å². The summed E-state index contributed by atoms with van der Waals surface area (Å²) >= 11 is 1.67. The highest BCUT2D eigenvalue weighted by molar-refractivity contribution is 7.08. The van der Waals surface area contributed by atoms with Crippen molar-refractivity contribution in [2.75, 3.05) is 6.54 Å². The third-order valence-corrected chi connectivity index (χ3v) is 5.70. The normalized spacial score (nSPS) is 18.7. The minimum Gasteiger partial charge on any atom is -0.441 e. The number of rotatable bonds is 6. The van der Waals surface area contributed by atoms with E-state index in [1.54, 1.807) is 11.3 Å². The van der Waals surface area contributed by atoms with Crippen LogP contribution in [0.2, 0.25) is 0 Å². The summed E-state index contributed by atoms with van der Waals surface area (Å²) in [6, 6.07) is 4.65. The van der Waals surface area contributed by atoms with Crippen molar-refractivity contribution in [3.8, 4) is 11.5 Å². The Morgan fingerprint density at radius 2 is 2.32 bits per heavy atom. The molecule has 1 aliphatic rings. The monoisotopic (exact) mass is 356 g/mol. The van der Waals surface area contributed by atoms with Crippen molar-refractivity contribution >= 4 is 11.3 Å². The van der Waals surface area contributed by atoms with Gasteiger partial charge in [-0.25, -0.2) is 4.98 Å². The second kappa shape index (κ2) is 7.54. The van der Waals surface area contributed by atoms with E-state index in [1.807, 2.05) is 30.1 Å². The van der Waals surface area contributed by atoms with E-state index in [1.165, 1.54) is 19.3 Å². The third kappa shape index (κ3) is 3.85. The van der Waals surface area contributed by atoms with E-state index in [0.29, 0.717) is 6.04 Å². The molecular weight excluding hydrogens is 332 g/mol. The van der Waals surface area contributed by atoms with Crippen LogP contribution >= 0.6 is 11.3 Å². The molecule has 3 aromatic rings. The Morgan fingerprint density at radius 1 is 1.36 bits per heavy atom. The molecule has 1 aliphatic heterocycles. The first kappa shape index (κ1) is 16.5. The maximum atomic E-state index is 5.91. The fourth-order valence-corrected chi connectivity index (χ4v) is 4.22. The van der Waals surface area contributed by atoms with Crippen LogP contribution < -0.4 is 0 Å². The van der Waals surface area contributed by atoms with Gasteiger partial charge in [-0.1, -0.05) is 6.42 Å². The molecule has 4 heterocycles. The zero-order valence-electron chi connectivity index (χ0n) is 14.6. The van der Waals surface area contributed by atoms with Crippen LogP contribution in [0.25, 0.3) is 11.5 Å². The van der Waals surface area contributed by atoms with Gasteiger partial charge in [0.15, 0.2) is 0 Å². The Kier molecular flexibility index (Phi) is 4.99. The number of thiophene rings is 1. The molecule has 0 saturated carbocycles. The second-order valence-corrected chi connectivity index (χ2v) is 7.49. The standard InChI is InChI=1S/C19H24N4OS/c1-15-18(21-19(24-15)16-7-12-25-14-16)13-22-9-3-2-5-17(22)6-11-23-10-4-8-20-23/h4,7-8,10,12,14,17H,2-3,5-6,9,11,13H2,1H3/t17-/m1/s1. The van der Waals surface area contributed by atoms with Crippen LogP contribution in [0, 0.1) is 6.92 Å². The van der Waals surface area contributed by atoms with Gasteiger partial charge in [0.25, 0.3) is 0 Å². The predicted octanol–water partition coefficient (Wildman–Crippen LogP) is 4.35. The third-order valence-electron chi connectivity index (χ3n) is 5.01. The quantitative estimate of drug-likeness (QED) is 0.659. The zero-order valence-corrected chi connectivity index (χ0v) is 15.4. The van der Waals surface area contributed by atoms with E-state index in [9.17, 15) is 0 Å². The molecule has 0 unspecified atom stereocenters. The molecule has 4 rings (SSSR count). The SMILES string of the molecule is Cc1oc(-c2ccsc2)nc1CN1CCCC[C@@H]1CCn1cccn1. The van der Waals surface area contributed by atoms with Gasteiger partial charge in [0.2, 0.25) is 5.89 Å². The van der Waals surface area contributed by atoms with Crippen LogP contribution in [0.15, 0.2) is 39.7 Å². The van der Waals surface area contributed by atoms with E-state index in [0.717, 1.165) is 49.0 Å². The lowest BCUT2D eigenvalue weighted by Gasteiger charge is -2.35. The van der Waals surface area contributed by atoms with Crippen molar-refractivity contribution in [3.05, 3.63) is 46.7 Å². The number of hydrogen-bond acceptors (Lipinski definition) is 5. The molecule has 1 atom stereocenters. The highest BCUT2D eigenvalue weighted by Crippen LogP contribution is 2.27. The molecule has 1 fully saturated rings. The summed E-state index contributed by atoms with van der Waals surface area (Å²) in [6.07, 6.45) is 8.88. The Labute approximate surface area is 152 Å². The summed E-state index contributed by atoms with van der Waals surface area (Å²) in [4.78, 5) is 7.35. The minimum absolute atomic E-state index is 0.596. The number of piperidine rings is 1. The number of aryl methyl sites for hydroxylation is 2. The number of nitrogens with zero attached hydrogens (tertiary/aromatic N) is 4. The van der Waals surface area contributed by atoms with E-state index < -0.39 is 0 Å². The maximum absolute atomic E-state index is 5.91. The fourth-order valence-electron chi connectivity index (χ4n) is 3.59. The van der Waals surface area contributed by atoms with Crippen molar-refractivity contribution in [1.82, 2.24) is 19.7 Å². The van der Waals surface area contributed by atoms with Crippen LogP contribution in [0.5, 0.6) is 0 Å². The number of likely N-dealkylation sites (tertiary alicyclic amines) is 1. The van der Waals surface area contributed by atoms with Gasteiger partial charge < -0.3 is 4.42 Å².